The van der Waals surface area contributed by atoms with Crippen LogP contribution in [0.15, 0.2) is 24.3 Å². The molecule has 20 heavy (non-hydrogen) atoms. The van der Waals surface area contributed by atoms with Crippen molar-refractivity contribution < 1.29 is 9.53 Å². The lowest BCUT2D eigenvalue weighted by atomic mass is 9.96. The zero-order valence-electron chi connectivity index (χ0n) is 11.6. The zero-order chi connectivity index (χ0) is 14.5. The minimum absolute atomic E-state index is 0.107. The number of benzene rings is 1. The van der Waals surface area contributed by atoms with Crippen LogP contribution in [0.5, 0.6) is 5.75 Å². The number of nitrogens with one attached hydrogen (secondary N) is 2. The van der Waals surface area contributed by atoms with E-state index in [0.717, 1.165) is 12.8 Å². The van der Waals surface area contributed by atoms with E-state index < -0.39 is 0 Å². The van der Waals surface area contributed by atoms with Gasteiger partial charge in [-0.3, -0.25) is 5.41 Å². The van der Waals surface area contributed by atoms with E-state index in [1.807, 2.05) is 18.2 Å². The van der Waals surface area contributed by atoms with Crippen LogP contribution in [0.2, 0.25) is 0 Å². The molecule has 1 fully saturated rings. The van der Waals surface area contributed by atoms with Gasteiger partial charge in [-0.15, -0.1) is 0 Å². The van der Waals surface area contributed by atoms with Crippen LogP contribution >= 0.6 is 0 Å². The molecular weight excluding hydrogens is 256 g/mol. The van der Waals surface area contributed by atoms with Gasteiger partial charge >= 0.3 is 6.03 Å². The number of ether oxygens (including phenoxy) is 1. The number of hydrogen-bond donors (Lipinski definition) is 3. The lowest BCUT2D eigenvalue weighted by Gasteiger charge is -2.31. The first-order chi connectivity index (χ1) is 9.60. The molecule has 6 heteroatoms. The molecule has 0 spiro atoms. The summed E-state index contributed by atoms with van der Waals surface area (Å²) in [7, 11) is 1.59. The molecule has 0 aromatic heterocycles. The number of piperidine rings is 1. The lowest BCUT2D eigenvalue weighted by Crippen LogP contribution is -2.43. The summed E-state index contributed by atoms with van der Waals surface area (Å²) < 4.78 is 5.12. The number of hydrogen-bond acceptors (Lipinski definition) is 3. The summed E-state index contributed by atoms with van der Waals surface area (Å²) in [5, 5.41) is 10.3. The highest BCUT2D eigenvalue weighted by atomic mass is 16.5. The Hall–Kier alpha value is -2.24. The zero-order valence-corrected chi connectivity index (χ0v) is 11.6. The molecule has 4 N–H and O–H groups in total. The van der Waals surface area contributed by atoms with Crippen LogP contribution in [-0.2, 0) is 0 Å². The SMILES string of the molecule is COc1cccc(NC(=O)N2CCC(C(=N)N)CC2)c1. The van der Waals surface area contributed by atoms with Crippen molar-refractivity contribution >= 4 is 17.6 Å². The Balaban J connectivity index is 1.91. The average molecular weight is 276 g/mol. The number of urea groups is 1. The summed E-state index contributed by atoms with van der Waals surface area (Å²) in [6, 6.07) is 7.13. The van der Waals surface area contributed by atoms with Gasteiger partial charge in [0.05, 0.1) is 12.9 Å². The molecular formula is C14H20N4O2. The molecule has 0 aliphatic carbocycles. The van der Waals surface area contributed by atoms with E-state index in [1.54, 1.807) is 18.1 Å². The first-order valence-corrected chi connectivity index (χ1v) is 6.64. The quantitative estimate of drug-likeness (QED) is 0.581. The van der Waals surface area contributed by atoms with E-state index in [-0.39, 0.29) is 17.8 Å². The fourth-order valence-corrected chi connectivity index (χ4v) is 2.30. The minimum Gasteiger partial charge on any atom is -0.497 e. The first kappa shape index (κ1) is 14.2. The Morgan fingerprint density at radius 2 is 2.15 bits per heavy atom. The Kier molecular flexibility index (Phi) is 4.45. The van der Waals surface area contributed by atoms with Crippen LogP contribution < -0.4 is 15.8 Å². The van der Waals surface area contributed by atoms with Gasteiger partial charge < -0.3 is 20.7 Å². The van der Waals surface area contributed by atoms with Crippen molar-refractivity contribution in [2.24, 2.45) is 11.7 Å². The van der Waals surface area contributed by atoms with Crippen molar-refractivity contribution in [1.29, 1.82) is 5.41 Å². The number of likely N-dealkylation sites (tertiary alicyclic amines) is 1. The highest BCUT2D eigenvalue weighted by Gasteiger charge is 2.24. The highest BCUT2D eigenvalue weighted by molar-refractivity contribution is 5.89. The number of nitrogens with two attached hydrogens (primary N) is 1. The fraction of sp³-hybridized carbons (Fsp3) is 0.429. The maximum Gasteiger partial charge on any atom is 0.321 e. The number of anilines is 1. The van der Waals surface area contributed by atoms with Gasteiger partial charge in [-0.2, -0.15) is 0 Å². The topological polar surface area (TPSA) is 91.4 Å². The van der Waals surface area contributed by atoms with E-state index in [9.17, 15) is 4.79 Å². The normalized spacial score (nSPS) is 15.8. The van der Waals surface area contributed by atoms with Crippen molar-refractivity contribution in [2.45, 2.75) is 12.8 Å². The summed E-state index contributed by atoms with van der Waals surface area (Å²) >= 11 is 0. The Morgan fingerprint density at radius 1 is 1.45 bits per heavy atom. The molecule has 108 valence electrons. The van der Waals surface area contributed by atoms with Gasteiger partial charge in [-0.1, -0.05) is 6.07 Å². The predicted molar refractivity (Wildman–Crippen MR) is 78.2 cm³/mol. The Morgan fingerprint density at radius 3 is 2.75 bits per heavy atom. The standard InChI is InChI=1S/C14H20N4O2/c1-20-12-4-2-3-11(9-12)17-14(19)18-7-5-10(6-8-18)13(15)16/h2-4,9-10H,5-8H2,1H3,(H3,15,16)(H,17,19). The van der Waals surface area contributed by atoms with Crippen LogP contribution in [0, 0.1) is 11.3 Å². The van der Waals surface area contributed by atoms with Gasteiger partial charge in [0.25, 0.3) is 0 Å². The van der Waals surface area contributed by atoms with E-state index >= 15 is 0 Å². The number of nitrogens with zero attached hydrogens (tertiary/aromatic N) is 1. The first-order valence-electron chi connectivity index (χ1n) is 6.64. The van der Waals surface area contributed by atoms with Crippen LogP contribution in [0.3, 0.4) is 0 Å². The van der Waals surface area contributed by atoms with Crippen LogP contribution in [0.1, 0.15) is 12.8 Å². The maximum absolute atomic E-state index is 12.1. The number of amides is 2. The molecule has 2 amide bonds. The summed E-state index contributed by atoms with van der Waals surface area (Å²) in [5.41, 5.74) is 6.21. The van der Waals surface area contributed by atoms with Gasteiger partial charge in [0, 0.05) is 30.8 Å². The number of carbonyl (C=O) groups is 1. The molecule has 1 saturated heterocycles. The molecule has 1 aliphatic heterocycles. The van der Waals surface area contributed by atoms with E-state index in [2.05, 4.69) is 5.32 Å². The highest BCUT2D eigenvalue weighted by Crippen LogP contribution is 2.20. The number of methoxy groups -OCH3 is 1. The van der Waals surface area contributed by atoms with Crippen LogP contribution in [-0.4, -0.2) is 37.0 Å². The molecule has 0 bridgehead atoms. The van der Waals surface area contributed by atoms with Crippen molar-refractivity contribution in [3.63, 3.8) is 0 Å². The lowest BCUT2D eigenvalue weighted by molar-refractivity contribution is 0.193. The van der Waals surface area contributed by atoms with Gasteiger partial charge in [0.1, 0.15) is 5.75 Å². The summed E-state index contributed by atoms with van der Waals surface area (Å²) in [5.74, 6) is 1.03. The van der Waals surface area contributed by atoms with Gasteiger partial charge in [-0.05, 0) is 25.0 Å². The van der Waals surface area contributed by atoms with Crippen molar-refractivity contribution in [2.75, 3.05) is 25.5 Å². The van der Waals surface area contributed by atoms with E-state index in [4.69, 9.17) is 15.9 Å². The second-order valence-corrected chi connectivity index (χ2v) is 4.88. The molecule has 0 radical (unpaired) electrons. The predicted octanol–water partition coefficient (Wildman–Crippen LogP) is 1.88. The molecule has 2 rings (SSSR count). The molecule has 0 unspecified atom stereocenters. The van der Waals surface area contributed by atoms with Crippen molar-refractivity contribution in [1.82, 2.24) is 4.90 Å². The van der Waals surface area contributed by atoms with E-state index in [1.165, 1.54) is 0 Å². The fourth-order valence-electron chi connectivity index (χ4n) is 2.30. The molecule has 0 atom stereocenters. The second kappa shape index (κ2) is 6.27. The number of amidine groups is 1. The van der Waals surface area contributed by atoms with Crippen molar-refractivity contribution in [3.05, 3.63) is 24.3 Å². The van der Waals surface area contributed by atoms with Gasteiger partial charge in [0.2, 0.25) is 0 Å². The molecule has 6 nitrogen and oxygen atoms in total. The maximum atomic E-state index is 12.1. The van der Waals surface area contributed by atoms with Crippen LogP contribution in [0.25, 0.3) is 0 Å². The molecule has 1 aromatic carbocycles. The third-order valence-electron chi connectivity index (χ3n) is 3.54. The molecule has 0 saturated carbocycles. The smallest absolute Gasteiger partial charge is 0.321 e. The van der Waals surface area contributed by atoms with Gasteiger partial charge in [-0.25, -0.2) is 4.79 Å². The second-order valence-electron chi connectivity index (χ2n) is 4.88. The minimum atomic E-state index is -0.125. The van der Waals surface area contributed by atoms with E-state index in [0.29, 0.717) is 24.5 Å². The van der Waals surface area contributed by atoms with Crippen molar-refractivity contribution in [3.8, 4) is 5.75 Å². The third kappa shape index (κ3) is 3.40. The number of carbonyl (C=O) groups excluding carboxylic acids is 1. The Labute approximate surface area is 118 Å². The number of rotatable bonds is 3. The molecule has 1 aliphatic rings. The molecule has 1 heterocycles. The summed E-state index contributed by atoms with van der Waals surface area (Å²) in [6.45, 7) is 1.25. The Bertz CT molecular complexity index is 496. The molecule has 1 aromatic rings. The third-order valence-corrected chi connectivity index (χ3v) is 3.54. The summed E-state index contributed by atoms with van der Waals surface area (Å²) in [4.78, 5) is 13.9. The largest absolute Gasteiger partial charge is 0.497 e. The van der Waals surface area contributed by atoms with Gasteiger partial charge in [0.15, 0.2) is 0 Å². The van der Waals surface area contributed by atoms with Crippen LogP contribution in [0.4, 0.5) is 10.5 Å². The monoisotopic (exact) mass is 276 g/mol. The average Bonchev–Trinajstić information content (AvgIpc) is 2.47. The summed E-state index contributed by atoms with van der Waals surface area (Å²) in [6.07, 6.45) is 1.50.